The van der Waals surface area contributed by atoms with Gasteiger partial charge in [0.15, 0.2) is 12.1 Å². The Kier molecular flexibility index (Phi) is 5.71. The molecule has 0 amide bonds. The van der Waals surface area contributed by atoms with Gasteiger partial charge in [0.2, 0.25) is 0 Å². The van der Waals surface area contributed by atoms with Crippen molar-refractivity contribution in [2.75, 3.05) is 13.7 Å². The van der Waals surface area contributed by atoms with E-state index in [1.165, 1.54) is 0 Å². The van der Waals surface area contributed by atoms with Gasteiger partial charge < -0.3 is 19.2 Å². The van der Waals surface area contributed by atoms with Crippen LogP contribution in [-0.4, -0.2) is 40.9 Å². The molecule has 2 heterocycles. The topological polar surface area (TPSA) is 86.3 Å². The molecule has 0 spiro atoms. The molecule has 3 rings (SSSR count). The molecule has 0 aliphatic heterocycles. The number of nitrogens with zero attached hydrogens (tertiary/aromatic N) is 2. The Morgan fingerprint density at radius 2 is 2.07 bits per heavy atom. The maximum atomic E-state index is 12.7. The van der Waals surface area contributed by atoms with Crippen molar-refractivity contribution < 1.29 is 19.0 Å². The molecule has 7 heteroatoms. The molecule has 0 aliphatic rings. The highest BCUT2D eigenvalue weighted by atomic mass is 16.7. The van der Waals surface area contributed by atoms with Crippen molar-refractivity contribution in [1.29, 1.82) is 0 Å². The first kappa shape index (κ1) is 18.8. The van der Waals surface area contributed by atoms with Crippen LogP contribution >= 0.6 is 0 Å². The number of rotatable bonds is 7. The summed E-state index contributed by atoms with van der Waals surface area (Å²) in [5, 5.41) is 0. The summed E-state index contributed by atoms with van der Waals surface area (Å²) in [6.07, 6.45) is 1.86. The number of methoxy groups -OCH3 is 1. The van der Waals surface area contributed by atoms with Crippen molar-refractivity contribution in [2.24, 2.45) is 0 Å². The summed E-state index contributed by atoms with van der Waals surface area (Å²) < 4.78 is 15.9. The van der Waals surface area contributed by atoms with Crippen LogP contribution in [-0.2, 0) is 15.9 Å². The van der Waals surface area contributed by atoms with Crippen LogP contribution in [0, 0.1) is 0 Å². The molecule has 1 aromatic carbocycles. The number of carbonyl (C=O) groups excluding carboxylic acids is 1. The van der Waals surface area contributed by atoms with E-state index in [4.69, 9.17) is 14.2 Å². The number of fused-ring (bicyclic) bond motifs is 1. The lowest BCUT2D eigenvalue weighted by Gasteiger charge is -2.14. The second-order valence-corrected chi connectivity index (χ2v) is 5.99. The van der Waals surface area contributed by atoms with E-state index in [-0.39, 0.29) is 0 Å². The van der Waals surface area contributed by atoms with E-state index in [9.17, 15) is 4.79 Å². The van der Waals surface area contributed by atoms with Crippen LogP contribution < -0.4 is 4.74 Å². The second-order valence-electron chi connectivity index (χ2n) is 5.99. The third-order valence-electron chi connectivity index (χ3n) is 4.16. The van der Waals surface area contributed by atoms with Crippen molar-refractivity contribution >= 4 is 17.0 Å². The number of benzene rings is 1. The Hall–Kier alpha value is -2.93. The maximum Gasteiger partial charge on any atom is 0.342 e. The standard InChI is InChI=1S/C20H23N3O4/c1-5-13-9-15(20(24)27-12(3)26-6-2)18(21-11-13)19-22-16-8-7-14(25-4)10-17(16)23-19/h7-12H,5-6H2,1-4H3,(H,22,23). The Morgan fingerprint density at radius 1 is 1.26 bits per heavy atom. The molecule has 0 aliphatic carbocycles. The van der Waals surface area contributed by atoms with Crippen molar-refractivity contribution in [3.63, 3.8) is 0 Å². The zero-order valence-electron chi connectivity index (χ0n) is 15.9. The average Bonchev–Trinajstić information content (AvgIpc) is 3.10. The van der Waals surface area contributed by atoms with Gasteiger partial charge in [0, 0.05) is 18.9 Å². The van der Waals surface area contributed by atoms with Crippen LogP contribution in [0.25, 0.3) is 22.6 Å². The number of nitrogens with one attached hydrogen (secondary N) is 1. The fraction of sp³-hybridized carbons (Fsp3) is 0.350. The van der Waals surface area contributed by atoms with Crippen LogP contribution in [0.2, 0.25) is 0 Å². The fourth-order valence-corrected chi connectivity index (χ4v) is 2.76. The molecule has 142 valence electrons. The van der Waals surface area contributed by atoms with Gasteiger partial charge in [-0.25, -0.2) is 9.78 Å². The van der Waals surface area contributed by atoms with Crippen LogP contribution in [0.1, 0.15) is 36.7 Å². The first-order chi connectivity index (χ1) is 13.0. The summed E-state index contributed by atoms with van der Waals surface area (Å²) in [6.45, 7) is 5.99. The number of imidazole rings is 1. The van der Waals surface area contributed by atoms with Gasteiger partial charge >= 0.3 is 5.97 Å². The third-order valence-corrected chi connectivity index (χ3v) is 4.16. The lowest BCUT2D eigenvalue weighted by molar-refractivity contribution is -0.0940. The number of aromatic amines is 1. The molecule has 1 unspecified atom stereocenters. The molecule has 27 heavy (non-hydrogen) atoms. The van der Waals surface area contributed by atoms with E-state index in [0.29, 0.717) is 23.7 Å². The summed E-state index contributed by atoms with van der Waals surface area (Å²) in [4.78, 5) is 24.9. The van der Waals surface area contributed by atoms with Gasteiger partial charge in [-0.15, -0.1) is 0 Å². The molecule has 7 nitrogen and oxygen atoms in total. The van der Waals surface area contributed by atoms with Gasteiger partial charge in [-0.05, 0) is 44.0 Å². The molecule has 1 atom stereocenters. The Labute approximate surface area is 157 Å². The number of H-pyrrole nitrogens is 1. The number of aromatic nitrogens is 3. The predicted octanol–water partition coefficient (Wildman–Crippen LogP) is 3.74. The number of aryl methyl sites for hydroxylation is 1. The van der Waals surface area contributed by atoms with Crippen molar-refractivity contribution in [3.8, 4) is 17.3 Å². The second kappa shape index (κ2) is 8.18. The Morgan fingerprint density at radius 3 is 2.78 bits per heavy atom. The van der Waals surface area contributed by atoms with Crippen molar-refractivity contribution in [2.45, 2.75) is 33.5 Å². The normalized spacial score (nSPS) is 12.1. The lowest BCUT2D eigenvalue weighted by atomic mass is 10.1. The number of hydrogen-bond donors (Lipinski definition) is 1. The fourth-order valence-electron chi connectivity index (χ4n) is 2.76. The lowest BCUT2D eigenvalue weighted by Crippen LogP contribution is -2.19. The minimum Gasteiger partial charge on any atom is -0.497 e. The Balaban J connectivity index is 2.03. The first-order valence-corrected chi connectivity index (χ1v) is 8.91. The largest absolute Gasteiger partial charge is 0.497 e. The number of pyridine rings is 1. The molecule has 0 fully saturated rings. The SMILES string of the molecule is CCOC(C)OC(=O)c1cc(CC)cnc1-c1nc2ccc(OC)cc2[nH]1. The highest BCUT2D eigenvalue weighted by molar-refractivity contribution is 5.96. The van der Waals surface area contributed by atoms with Crippen LogP contribution in [0.3, 0.4) is 0 Å². The van der Waals surface area contributed by atoms with Gasteiger partial charge in [0.1, 0.15) is 11.4 Å². The van der Waals surface area contributed by atoms with Gasteiger partial charge in [0.05, 0.1) is 23.7 Å². The molecular formula is C20H23N3O4. The molecule has 0 saturated carbocycles. The highest BCUT2D eigenvalue weighted by Gasteiger charge is 2.21. The maximum absolute atomic E-state index is 12.7. The van der Waals surface area contributed by atoms with Gasteiger partial charge in [0.25, 0.3) is 0 Å². The molecular weight excluding hydrogens is 346 g/mol. The molecule has 0 bridgehead atoms. The predicted molar refractivity (Wildman–Crippen MR) is 102 cm³/mol. The minimum absolute atomic E-state index is 0.354. The summed E-state index contributed by atoms with van der Waals surface area (Å²) in [7, 11) is 1.61. The van der Waals surface area contributed by atoms with Crippen LogP contribution in [0.15, 0.2) is 30.5 Å². The quantitative estimate of drug-likeness (QED) is 0.504. The molecule has 0 saturated heterocycles. The number of hydrogen-bond acceptors (Lipinski definition) is 6. The Bertz CT molecular complexity index is 952. The minimum atomic E-state index is -0.638. The van der Waals surface area contributed by atoms with Gasteiger partial charge in [-0.3, -0.25) is 4.98 Å². The van der Waals surface area contributed by atoms with E-state index in [1.54, 1.807) is 26.3 Å². The van der Waals surface area contributed by atoms with E-state index in [1.807, 2.05) is 32.0 Å². The van der Waals surface area contributed by atoms with E-state index < -0.39 is 12.3 Å². The van der Waals surface area contributed by atoms with E-state index in [2.05, 4.69) is 15.0 Å². The van der Waals surface area contributed by atoms with Crippen molar-refractivity contribution in [3.05, 3.63) is 41.6 Å². The zero-order valence-corrected chi connectivity index (χ0v) is 15.9. The highest BCUT2D eigenvalue weighted by Crippen LogP contribution is 2.26. The van der Waals surface area contributed by atoms with Gasteiger partial charge in [-0.1, -0.05) is 6.92 Å². The third kappa shape index (κ3) is 4.09. The molecule has 1 N–H and O–H groups in total. The number of ether oxygens (including phenoxy) is 3. The van der Waals surface area contributed by atoms with Crippen LogP contribution in [0.4, 0.5) is 0 Å². The summed E-state index contributed by atoms with van der Waals surface area (Å²) in [5.74, 6) is 0.723. The van der Waals surface area contributed by atoms with E-state index >= 15 is 0 Å². The zero-order chi connectivity index (χ0) is 19.4. The molecule has 2 aromatic heterocycles. The first-order valence-electron chi connectivity index (χ1n) is 8.91. The monoisotopic (exact) mass is 369 g/mol. The molecule has 0 radical (unpaired) electrons. The molecule has 3 aromatic rings. The average molecular weight is 369 g/mol. The summed E-state index contributed by atoms with van der Waals surface area (Å²) in [5.41, 5.74) is 3.29. The summed E-state index contributed by atoms with van der Waals surface area (Å²) >= 11 is 0. The number of esters is 1. The van der Waals surface area contributed by atoms with E-state index in [0.717, 1.165) is 28.8 Å². The van der Waals surface area contributed by atoms with Crippen LogP contribution in [0.5, 0.6) is 5.75 Å². The van der Waals surface area contributed by atoms with Gasteiger partial charge in [-0.2, -0.15) is 0 Å². The van der Waals surface area contributed by atoms with Crippen molar-refractivity contribution in [1.82, 2.24) is 15.0 Å². The number of carbonyl (C=O) groups is 1. The smallest absolute Gasteiger partial charge is 0.342 e. The summed E-state index contributed by atoms with van der Waals surface area (Å²) in [6, 6.07) is 7.32.